The number of aromatic amines is 1. The number of nitrogens with zero attached hydrogens (tertiary/aromatic N) is 2. The molecule has 0 aliphatic rings. The predicted molar refractivity (Wildman–Crippen MR) is 86.6 cm³/mol. The van der Waals surface area contributed by atoms with E-state index in [1.54, 1.807) is 0 Å². The number of para-hydroxylation sites is 1. The predicted octanol–water partition coefficient (Wildman–Crippen LogP) is 4.83. The number of hydrogen-bond acceptors (Lipinski definition) is 2. The van der Waals surface area contributed by atoms with Gasteiger partial charge in [0.1, 0.15) is 0 Å². The minimum absolute atomic E-state index is 0.801. The number of rotatable bonds is 5. The standard InChI is InChI=1S/C16H19N3S/c1-2-3-4-7-10-19-15-12-8-5-6-9-13(12)17-11-14(15)18-16(19)20/h5-6,8-9,11H,2-4,7,10H2,1H3,(H,18,20). The first-order valence-electron chi connectivity index (χ1n) is 7.27. The van der Waals surface area contributed by atoms with Gasteiger partial charge >= 0.3 is 0 Å². The van der Waals surface area contributed by atoms with Gasteiger partial charge in [0.25, 0.3) is 0 Å². The Balaban J connectivity index is 2.08. The lowest BCUT2D eigenvalue weighted by Gasteiger charge is -2.06. The first kappa shape index (κ1) is 13.3. The molecule has 3 rings (SSSR count). The van der Waals surface area contributed by atoms with E-state index in [0.29, 0.717) is 0 Å². The van der Waals surface area contributed by atoms with Crippen molar-refractivity contribution >= 4 is 34.2 Å². The molecule has 0 aliphatic heterocycles. The van der Waals surface area contributed by atoms with E-state index in [4.69, 9.17) is 12.2 Å². The molecule has 4 heteroatoms. The van der Waals surface area contributed by atoms with E-state index in [1.807, 2.05) is 18.3 Å². The third kappa shape index (κ3) is 2.36. The molecule has 2 aromatic heterocycles. The van der Waals surface area contributed by atoms with Crippen molar-refractivity contribution in [2.24, 2.45) is 0 Å². The Bertz CT molecular complexity index is 785. The van der Waals surface area contributed by atoms with Crippen molar-refractivity contribution in [1.82, 2.24) is 14.5 Å². The highest BCUT2D eigenvalue weighted by atomic mass is 32.1. The van der Waals surface area contributed by atoms with Crippen LogP contribution in [0.3, 0.4) is 0 Å². The van der Waals surface area contributed by atoms with Gasteiger partial charge in [-0.25, -0.2) is 0 Å². The van der Waals surface area contributed by atoms with Gasteiger partial charge < -0.3 is 9.55 Å². The Labute approximate surface area is 123 Å². The molecule has 0 bridgehead atoms. The lowest BCUT2D eigenvalue weighted by atomic mass is 10.2. The fourth-order valence-electron chi connectivity index (χ4n) is 2.70. The van der Waals surface area contributed by atoms with Crippen LogP contribution < -0.4 is 0 Å². The normalized spacial score (nSPS) is 11.4. The Morgan fingerprint density at radius 3 is 2.90 bits per heavy atom. The number of aryl methyl sites for hydroxylation is 1. The van der Waals surface area contributed by atoms with Crippen LogP contribution in [-0.2, 0) is 6.54 Å². The van der Waals surface area contributed by atoms with Gasteiger partial charge in [-0.1, -0.05) is 44.4 Å². The molecule has 0 radical (unpaired) electrons. The van der Waals surface area contributed by atoms with E-state index in [0.717, 1.165) is 22.3 Å². The molecule has 0 amide bonds. The highest BCUT2D eigenvalue weighted by molar-refractivity contribution is 7.71. The molecule has 0 unspecified atom stereocenters. The van der Waals surface area contributed by atoms with Gasteiger partial charge in [-0.2, -0.15) is 0 Å². The molecule has 20 heavy (non-hydrogen) atoms. The summed E-state index contributed by atoms with van der Waals surface area (Å²) >= 11 is 5.47. The van der Waals surface area contributed by atoms with Crippen LogP contribution in [0.15, 0.2) is 30.5 Å². The number of fused-ring (bicyclic) bond motifs is 3. The van der Waals surface area contributed by atoms with Gasteiger partial charge in [-0.15, -0.1) is 0 Å². The first-order valence-corrected chi connectivity index (χ1v) is 7.68. The second-order valence-corrected chi connectivity index (χ2v) is 5.57. The molecule has 2 heterocycles. The topological polar surface area (TPSA) is 33.6 Å². The first-order chi connectivity index (χ1) is 9.81. The molecule has 0 spiro atoms. The number of imidazole rings is 1. The SMILES string of the molecule is CCCCCCn1c(=S)[nH]c2cnc3ccccc3c21. The second kappa shape index (κ2) is 5.75. The molecule has 0 saturated heterocycles. The van der Waals surface area contributed by atoms with Crippen LogP contribution in [0.4, 0.5) is 0 Å². The van der Waals surface area contributed by atoms with Crippen LogP contribution in [0, 0.1) is 4.77 Å². The molecule has 3 aromatic rings. The van der Waals surface area contributed by atoms with Crippen molar-refractivity contribution in [3.05, 3.63) is 35.2 Å². The van der Waals surface area contributed by atoms with E-state index in [1.165, 1.54) is 36.6 Å². The van der Waals surface area contributed by atoms with Crippen LogP contribution in [0.2, 0.25) is 0 Å². The number of aromatic nitrogens is 3. The average molecular weight is 285 g/mol. The quantitative estimate of drug-likeness (QED) is 0.538. The molecule has 1 N–H and O–H groups in total. The van der Waals surface area contributed by atoms with Crippen LogP contribution in [0.25, 0.3) is 21.9 Å². The summed E-state index contributed by atoms with van der Waals surface area (Å²) in [5.74, 6) is 0. The van der Waals surface area contributed by atoms with E-state index in [2.05, 4.69) is 33.6 Å². The van der Waals surface area contributed by atoms with Crippen molar-refractivity contribution in [1.29, 1.82) is 0 Å². The number of pyridine rings is 1. The van der Waals surface area contributed by atoms with E-state index < -0.39 is 0 Å². The molecule has 0 atom stereocenters. The molecule has 1 aromatic carbocycles. The third-order valence-corrected chi connectivity index (χ3v) is 4.06. The third-order valence-electron chi connectivity index (χ3n) is 3.74. The summed E-state index contributed by atoms with van der Waals surface area (Å²) in [7, 11) is 0. The van der Waals surface area contributed by atoms with Gasteiger partial charge in [0.2, 0.25) is 0 Å². The number of H-pyrrole nitrogens is 1. The Morgan fingerprint density at radius 1 is 1.20 bits per heavy atom. The average Bonchev–Trinajstić information content (AvgIpc) is 2.80. The monoisotopic (exact) mass is 285 g/mol. The Kier molecular flexibility index (Phi) is 3.83. The summed E-state index contributed by atoms with van der Waals surface area (Å²) in [5, 5.41) is 1.17. The number of unbranched alkanes of at least 4 members (excludes halogenated alkanes) is 3. The maximum atomic E-state index is 5.47. The maximum Gasteiger partial charge on any atom is 0.178 e. The Hall–Kier alpha value is -1.68. The largest absolute Gasteiger partial charge is 0.329 e. The fourth-order valence-corrected chi connectivity index (χ4v) is 3.00. The summed E-state index contributed by atoms with van der Waals surface area (Å²) in [5.41, 5.74) is 3.25. The lowest BCUT2D eigenvalue weighted by molar-refractivity contribution is 0.588. The number of benzene rings is 1. The summed E-state index contributed by atoms with van der Waals surface area (Å²) in [4.78, 5) is 7.76. The van der Waals surface area contributed by atoms with Gasteiger partial charge in [0.05, 0.1) is 22.7 Å². The summed E-state index contributed by atoms with van der Waals surface area (Å²) < 4.78 is 3.03. The van der Waals surface area contributed by atoms with Gasteiger partial charge in [-0.3, -0.25) is 4.98 Å². The van der Waals surface area contributed by atoms with Gasteiger partial charge in [-0.05, 0) is 24.7 Å². The smallest absolute Gasteiger partial charge is 0.178 e. The zero-order valence-electron chi connectivity index (χ0n) is 11.7. The van der Waals surface area contributed by atoms with Crippen LogP contribution in [-0.4, -0.2) is 14.5 Å². The van der Waals surface area contributed by atoms with Crippen LogP contribution in [0.1, 0.15) is 32.6 Å². The zero-order valence-corrected chi connectivity index (χ0v) is 12.5. The Morgan fingerprint density at radius 2 is 2.05 bits per heavy atom. The van der Waals surface area contributed by atoms with Crippen LogP contribution in [0.5, 0.6) is 0 Å². The molecule has 0 aliphatic carbocycles. The molecule has 0 saturated carbocycles. The molecular formula is C16H19N3S. The van der Waals surface area contributed by atoms with Crippen molar-refractivity contribution in [2.45, 2.75) is 39.2 Å². The maximum absolute atomic E-state index is 5.47. The van der Waals surface area contributed by atoms with Gasteiger partial charge in [0.15, 0.2) is 4.77 Å². The summed E-state index contributed by atoms with van der Waals surface area (Å²) in [6.45, 7) is 3.21. The molecule has 3 nitrogen and oxygen atoms in total. The van der Waals surface area contributed by atoms with Crippen molar-refractivity contribution in [2.75, 3.05) is 0 Å². The lowest BCUT2D eigenvalue weighted by Crippen LogP contribution is -1.98. The fraction of sp³-hybridized carbons (Fsp3) is 0.375. The van der Waals surface area contributed by atoms with Gasteiger partial charge in [0, 0.05) is 11.9 Å². The highest BCUT2D eigenvalue weighted by Gasteiger charge is 2.08. The second-order valence-electron chi connectivity index (χ2n) is 5.18. The van der Waals surface area contributed by atoms with Crippen LogP contribution >= 0.6 is 12.2 Å². The minimum atomic E-state index is 0.801. The van der Waals surface area contributed by atoms with Crippen molar-refractivity contribution < 1.29 is 0 Å². The zero-order chi connectivity index (χ0) is 13.9. The number of nitrogens with one attached hydrogen (secondary N) is 1. The van der Waals surface area contributed by atoms with E-state index >= 15 is 0 Å². The molecule has 0 fully saturated rings. The summed E-state index contributed by atoms with van der Waals surface area (Å²) in [6.07, 6.45) is 6.86. The summed E-state index contributed by atoms with van der Waals surface area (Å²) in [6, 6.07) is 8.25. The minimum Gasteiger partial charge on any atom is -0.329 e. The number of hydrogen-bond donors (Lipinski definition) is 1. The van der Waals surface area contributed by atoms with Crippen molar-refractivity contribution in [3.8, 4) is 0 Å². The van der Waals surface area contributed by atoms with Crippen molar-refractivity contribution in [3.63, 3.8) is 0 Å². The molecular weight excluding hydrogens is 266 g/mol. The highest BCUT2D eigenvalue weighted by Crippen LogP contribution is 2.23. The molecule has 104 valence electrons. The van der Waals surface area contributed by atoms with E-state index in [9.17, 15) is 0 Å². The van der Waals surface area contributed by atoms with E-state index in [-0.39, 0.29) is 0 Å².